The standard InChI is InChI=1S/C19H17Cl2N3O2/c20-14-4-3-13(17(21)10-14)5-7-22-15-6-8-23-18(11-15)19(25)24-12-16-2-1-9-26-16/h1-4,6,8-11H,5,7,12H2,(H,22,23)(H,24,25). The summed E-state index contributed by atoms with van der Waals surface area (Å²) in [6, 6.07) is 12.5. The number of rotatable bonds is 7. The molecule has 0 aliphatic carbocycles. The Bertz CT molecular complexity index is 882. The third kappa shape index (κ3) is 5.00. The monoisotopic (exact) mass is 389 g/mol. The van der Waals surface area contributed by atoms with Crippen LogP contribution in [-0.4, -0.2) is 17.4 Å². The van der Waals surface area contributed by atoms with Crippen LogP contribution in [0.3, 0.4) is 0 Å². The molecular formula is C19H17Cl2N3O2. The molecule has 7 heteroatoms. The van der Waals surface area contributed by atoms with E-state index in [2.05, 4.69) is 15.6 Å². The van der Waals surface area contributed by atoms with Crippen molar-refractivity contribution in [1.29, 1.82) is 0 Å². The van der Waals surface area contributed by atoms with Gasteiger partial charge in [0, 0.05) is 28.5 Å². The fraction of sp³-hybridized carbons (Fsp3) is 0.158. The molecule has 1 aromatic carbocycles. The highest BCUT2D eigenvalue weighted by Gasteiger charge is 2.09. The summed E-state index contributed by atoms with van der Waals surface area (Å²) >= 11 is 12.1. The molecule has 0 unspecified atom stereocenters. The first-order valence-corrected chi connectivity index (χ1v) is 8.82. The number of carbonyl (C=O) groups excluding carboxylic acids is 1. The molecule has 2 N–H and O–H groups in total. The number of hydrogen-bond donors (Lipinski definition) is 2. The Morgan fingerprint density at radius 1 is 1.15 bits per heavy atom. The minimum Gasteiger partial charge on any atom is -0.467 e. The number of pyridine rings is 1. The van der Waals surface area contributed by atoms with Gasteiger partial charge in [0.1, 0.15) is 11.5 Å². The number of carbonyl (C=O) groups is 1. The third-order valence-electron chi connectivity index (χ3n) is 3.73. The predicted molar refractivity (Wildman–Crippen MR) is 103 cm³/mol. The number of halogens is 2. The summed E-state index contributed by atoms with van der Waals surface area (Å²) < 4.78 is 5.19. The quantitative estimate of drug-likeness (QED) is 0.621. The van der Waals surface area contributed by atoms with Crippen LogP contribution in [0.4, 0.5) is 5.69 Å². The molecule has 0 radical (unpaired) electrons. The number of anilines is 1. The molecule has 0 saturated heterocycles. The van der Waals surface area contributed by atoms with Crippen LogP contribution in [0.5, 0.6) is 0 Å². The number of nitrogens with one attached hydrogen (secondary N) is 2. The summed E-state index contributed by atoms with van der Waals surface area (Å²) in [4.78, 5) is 16.3. The van der Waals surface area contributed by atoms with E-state index < -0.39 is 0 Å². The van der Waals surface area contributed by atoms with Crippen LogP contribution in [-0.2, 0) is 13.0 Å². The van der Waals surface area contributed by atoms with Gasteiger partial charge in [0.05, 0.1) is 12.8 Å². The Morgan fingerprint density at radius 3 is 2.81 bits per heavy atom. The smallest absolute Gasteiger partial charge is 0.270 e. The van der Waals surface area contributed by atoms with Crippen molar-refractivity contribution in [1.82, 2.24) is 10.3 Å². The molecule has 2 aromatic heterocycles. The van der Waals surface area contributed by atoms with Gasteiger partial charge in [-0.3, -0.25) is 9.78 Å². The summed E-state index contributed by atoms with van der Waals surface area (Å²) in [7, 11) is 0. The van der Waals surface area contributed by atoms with Crippen LogP contribution in [0.25, 0.3) is 0 Å². The van der Waals surface area contributed by atoms with Gasteiger partial charge < -0.3 is 15.1 Å². The van der Waals surface area contributed by atoms with Crippen molar-refractivity contribution in [3.8, 4) is 0 Å². The second kappa shape index (κ2) is 8.74. The van der Waals surface area contributed by atoms with Gasteiger partial charge in [-0.2, -0.15) is 0 Å². The zero-order valence-electron chi connectivity index (χ0n) is 13.8. The van der Waals surface area contributed by atoms with Crippen LogP contribution < -0.4 is 10.6 Å². The number of aromatic nitrogens is 1. The molecule has 0 aliphatic heterocycles. The average Bonchev–Trinajstić information content (AvgIpc) is 3.15. The average molecular weight is 390 g/mol. The van der Waals surface area contributed by atoms with E-state index in [0.29, 0.717) is 34.6 Å². The Balaban J connectivity index is 1.54. The van der Waals surface area contributed by atoms with E-state index in [0.717, 1.165) is 17.7 Å². The summed E-state index contributed by atoms with van der Waals surface area (Å²) in [5.41, 5.74) is 2.16. The SMILES string of the molecule is O=C(NCc1ccco1)c1cc(NCCc2ccc(Cl)cc2Cl)ccn1. The molecule has 0 saturated carbocycles. The lowest BCUT2D eigenvalue weighted by Gasteiger charge is -2.09. The minimum absolute atomic E-state index is 0.259. The fourth-order valence-corrected chi connectivity index (χ4v) is 2.90. The normalized spacial score (nSPS) is 10.5. The van der Waals surface area contributed by atoms with Crippen molar-refractivity contribution < 1.29 is 9.21 Å². The first-order chi connectivity index (χ1) is 12.6. The Labute approximate surface area is 161 Å². The van der Waals surface area contributed by atoms with Gasteiger partial charge >= 0.3 is 0 Å². The van der Waals surface area contributed by atoms with Crippen molar-refractivity contribution >= 4 is 34.8 Å². The summed E-state index contributed by atoms with van der Waals surface area (Å²) in [5.74, 6) is 0.429. The van der Waals surface area contributed by atoms with Gasteiger partial charge in [0.25, 0.3) is 5.91 Å². The van der Waals surface area contributed by atoms with E-state index in [1.165, 1.54) is 0 Å². The molecule has 0 bridgehead atoms. The van der Waals surface area contributed by atoms with E-state index in [9.17, 15) is 4.79 Å². The minimum atomic E-state index is -0.259. The van der Waals surface area contributed by atoms with E-state index in [-0.39, 0.29) is 5.91 Å². The molecule has 3 aromatic rings. The number of hydrogen-bond acceptors (Lipinski definition) is 4. The van der Waals surface area contributed by atoms with E-state index >= 15 is 0 Å². The molecule has 3 rings (SSSR count). The van der Waals surface area contributed by atoms with Crippen LogP contribution in [0.15, 0.2) is 59.3 Å². The first kappa shape index (κ1) is 18.3. The van der Waals surface area contributed by atoms with Crippen LogP contribution in [0.1, 0.15) is 21.8 Å². The van der Waals surface area contributed by atoms with Crippen molar-refractivity contribution in [2.45, 2.75) is 13.0 Å². The molecule has 0 atom stereocenters. The van der Waals surface area contributed by atoms with Crippen LogP contribution >= 0.6 is 23.2 Å². The second-order valence-electron chi connectivity index (χ2n) is 5.60. The molecule has 26 heavy (non-hydrogen) atoms. The zero-order valence-corrected chi connectivity index (χ0v) is 15.3. The Hall–Kier alpha value is -2.50. The third-order valence-corrected chi connectivity index (χ3v) is 4.32. The van der Waals surface area contributed by atoms with Crippen molar-refractivity contribution in [2.75, 3.05) is 11.9 Å². The lowest BCUT2D eigenvalue weighted by atomic mass is 10.1. The summed E-state index contributed by atoms with van der Waals surface area (Å²) in [5, 5.41) is 7.30. The first-order valence-electron chi connectivity index (χ1n) is 8.06. The second-order valence-corrected chi connectivity index (χ2v) is 6.45. The van der Waals surface area contributed by atoms with E-state index in [4.69, 9.17) is 27.6 Å². The fourth-order valence-electron chi connectivity index (χ4n) is 2.40. The van der Waals surface area contributed by atoms with Crippen LogP contribution in [0, 0.1) is 0 Å². The summed E-state index contributed by atoms with van der Waals surface area (Å²) in [6.45, 7) is 0.985. The lowest BCUT2D eigenvalue weighted by molar-refractivity contribution is 0.0943. The predicted octanol–water partition coefficient (Wildman–Crippen LogP) is 4.57. The highest BCUT2D eigenvalue weighted by molar-refractivity contribution is 6.35. The zero-order chi connectivity index (χ0) is 18.4. The lowest BCUT2D eigenvalue weighted by Crippen LogP contribution is -2.23. The highest BCUT2D eigenvalue weighted by Crippen LogP contribution is 2.21. The van der Waals surface area contributed by atoms with Gasteiger partial charge in [-0.25, -0.2) is 0 Å². The number of furan rings is 1. The van der Waals surface area contributed by atoms with Gasteiger partial charge in [-0.05, 0) is 48.4 Å². The molecule has 5 nitrogen and oxygen atoms in total. The van der Waals surface area contributed by atoms with Crippen molar-refractivity contribution in [3.05, 3.63) is 82.0 Å². The molecule has 0 aliphatic rings. The Kier molecular flexibility index (Phi) is 6.15. The molecule has 0 spiro atoms. The van der Waals surface area contributed by atoms with Crippen molar-refractivity contribution in [2.24, 2.45) is 0 Å². The molecule has 0 fully saturated rings. The molecular weight excluding hydrogens is 373 g/mol. The van der Waals surface area contributed by atoms with Gasteiger partial charge in [-0.1, -0.05) is 29.3 Å². The number of nitrogens with zero attached hydrogens (tertiary/aromatic N) is 1. The molecule has 2 heterocycles. The Morgan fingerprint density at radius 2 is 2.04 bits per heavy atom. The van der Waals surface area contributed by atoms with Crippen molar-refractivity contribution in [3.63, 3.8) is 0 Å². The molecule has 1 amide bonds. The number of amides is 1. The molecule has 134 valence electrons. The largest absolute Gasteiger partial charge is 0.467 e. The maximum atomic E-state index is 12.2. The maximum Gasteiger partial charge on any atom is 0.270 e. The summed E-state index contributed by atoms with van der Waals surface area (Å²) in [6.07, 6.45) is 3.90. The van der Waals surface area contributed by atoms with Gasteiger partial charge in [0.2, 0.25) is 0 Å². The topological polar surface area (TPSA) is 67.2 Å². The number of benzene rings is 1. The van der Waals surface area contributed by atoms with E-state index in [1.54, 1.807) is 36.7 Å². The van der Waals surface area contributed by atoms with Gasteiger partial charge in [-0.15, -0.1) is 0 Å². The van der Waals surface area contributed by atoms with Gasteiger partial charge in [0.15, 0.2) is 0 Å². The van der Waals surface area contributed by atoms with E-state index in [1.807, 2.05) is 18.2 Å². The maximum absolute atomic E-state index is 12.2. The highest BCUT2D eigenvalue weighted by atomic mass is 35.5. The van der Waals surface area contributed by atoms with Crippen LogP contribution in [0.2, 0.25) is 10.0 Å².